The molecule has 0 saturated carbocycles. The number of rotatable bonds is 6. The number of benzene rings is 1. The van der Waals surface area contributed by atoms with E-state index >= 15 is 0 Å². The lowest BCUT2D eigenvalue weighted by Gasteiger charge is -2.27. The molecule has 0 spiro atoms. The summed E-state index contributed by atoms with van der Waals surface area (Å²) in [5.41, 5.74) is 0.124. The summed E-state index contributed by atoms with van der Waals surface area (Å²) in [6.45, 7) is 11.0. The van der Waals surface area contributed by atoms with E-state index in [4.69, 9.17) is 4.74 Å². The maximum absolute atomic E-state index is 13.4. The van der Waals surface area contributed by atoms with Crippen LogP contribution in [0.15, 0.2) is 29.3 Å². The van der Waals surface area contributed by atoms with Crippen LogP contribution in [-0.4, -0.2) is 44.3 Å². The van der Waals surface area contributed by atoms with E-state index in [1.54, 1.807) is 19.2 Å². The van der Waals surface area contributed by atoms with Crippen LogP contribution < -0.4 is 16.0 Å². The van der Waals surface area contributed by atoms with Gasteiger partial charge in [0.15, 0.2) is 5.96 Å². The number of carbonyl (C=O) groups excluding carboxylic acids is 1. The van der Waals surface area contributed by atoms with Gasteiger partial charge < -0.3 is 20.7 Å². The number of hydrogen-bond acceptors (Lipinski definition) is 3. The van der Waals surface area contributed by atoms with Gasteiger partial charge in [-0.2, -0.15) is 0 Å². The van der Waals surface area contributed by atoms with E-state index in [9.17, 15) is 9.18 Å². The molecule has 3 N–H and O–H groups in total. The van der Waals surface area contributed by atoms with E-state index in [1.807, 2.05) is 40.7 Å². The molecule has 7 heteroatoms. The highest BCUT2D eigenvalue weighted by atomic mass is 19.1. The normalized spacial score (nSPS) is 12.5. The minimum Gasteiger partial charge on any atom is -0.444 e. The third-order valence-electron chi connectivity index (χ3n) is 3.61. The topological polar surface area (TPSA) is 74.8 Å². The number of hydrogen-bond donors (Lipinski definition) is 3. The Morgan fingerprint density at radius 3 is 2.35 bits per heavy atom. The minimum absolute atomic E-state index is 0.244. The van der Waals surface area contributed by atoms with E-state index in [0.29, 0.717) is 25.6 Å². The molecule has 0 saturated heterocycles. The van der Waals surface area contributed by atoms with Crippen LogP contribution in [0, 0.1) is 5.82 Å². The number of nitrogens with one attached hydrogen (secondary N) is 3. The Morgan fingerprint density at radius 2 is 1.77 bits per heavy atom. The highest BCUT2D eigenvalue weighted by Crippen LogP contribution is 2.22. The van der Waals surface area contributed by atoms with Gasteiger partial charge in [-0.3, -0.25) is 4.99 Å². The maximum atomic E-state index is 13.4. The number of alkyl carbamates (subject to hydrolysis) is 1. The minimum atomic E-state index is -0.516. The average Bonchev–Trinajstić information content (AvgIpc) is 2.52. The molecule has 146 valence electrons. The molecule has 0 bridgehead atoms. The summed E-state index contributed by atoms with van der Waals surface area (Å²) < 4.78 is 18.6. The summed E-state index contributed by atoms with van der Waals surface area (Å²) in [4.78, 5) is 15.7. The first-order chi connectivity index (χ1) is 12.0. The molecule has 0 radical (unpaired) electrons. The number of nitrogens with zero attached hydrogens (tertiary/aromatic N) is 1. The number of amides is 1. The molecule has 0 aliphatic rings. The fourth-order valence-electron chi connectivity index (χ4n) is 2.20. The summed E-state index contributed by atoms with van der Waals surface area (Å²) in [6, 6.07) is 6.60. The Labute approximate surface area is 155 Å². The van der Waals surface area contributed by atoms with Crippen LogP contribution in [0.2, 0.25) is 0 Å². The average molecular weight is 366 g/mol. The quantitative estimate of drug-likeness (QED) is 0.411. The first-order valence-electron chi connectivity index (χ1n) is 8.71. The molecule has 0 heterocycles. The number of aliphatic imine (C=N–C) groups is 1. The summed E-state index contributed by atoms with van der Waals surface area (Å²) in [6.07, 6.45) is -0.450. The molecule has 0 aliphatic heterocycles. The van der Waals surface area contributed by atoms with Gasteiger partial charge in [0, 0.05) is 32.1 Å². The van der Waals surface area contributed by atoms with Gasteiger partial charge in [-0.15, -0.1) is 0 Å². The molecule has 0 unspecified atom stereocenters. The first kappa shape index (κ1) is 21.7. The van der Waals surface area contributed by atoms with Gasteiger partial charge in [0.05, 0.1) is 0 Å². The molecular weight excluding hydrogens is 335 g/mol. The van der Waals surface area contributed by atoms with Gasteiger partial charge in [-0.05, 0) is 38.5 Å². The van der Waals surface area contributed by atoms with E-state index in [1.165, 1.54) is 6.07 Å². The van der Waals surface area contributed by atoms with Crippen LogP contribution in [0.5, 0.6) is 0 Å². The van der Waals surface area contributed by atoms with Crippen LogP contribution in [0.25, 0.3) is 0 Å². The van der Waals surface area contributed by atoms with Crippen LogP contribution >= 0.6 is 0 Å². The van der Waals surface area contributed by atoms with E-state index in [0.717, 1.165) is 5.56 Å². The van der Waals surface area contributed by atoms with E-state index in [-0.39, 0.29) is 11.2 Å². The Hall–Kier alpha value is -2.31. The monoisotopic (exact) mass is 366 g/mol. The fraction of sp³-hybridized carbons (Fsp3) is 0.579. The maximum Gasteiger partial charge on any atom is 0.407 e. The molecule has 6 nitrogen and oxygen atoms in total. The molecule has 26 heavy (non-hydrogen) atoms. The summed E-state index contributed by atoms with van der Waals surface area (Å²) in [7, 11) is 1.67. The van der Waals surface area contributed by atoms with Crippen molar-refractivity contribution in [3.05, 3.63) is 35.6 Å². The van der Waals surface area contributed by atoms with Crippen molar-refractivity contribution in [1.82, 2.24) is 16.0 Å². The third kappa shape index (κ3) is 8.18. The second-order valence-electron chi connectivity index (χ2n) is 7.68. The molecule has 1 amide bonds. The largest absolute Gasteiger partial charge is 0.444 e. The fourth-order valence-corrected chi connectivity index (χ4v) is 2.20. The molecule has 1 aromatic carbocycles. The van der Waals surface area contributed by atoms with Crippen LogP contribution in [0.1, 0.15) is 40.2 Å². The first-order valence-corrected chi connectivity index (χ1v) is 8.71. The highest BCUT2D eigenvalue weighted by Gasteiger charge is 2.21. The lowest BCUT2D eigenvalue weighted by molar-refractivity contribution is 0.0529. The molecular formula is C19H31FN4O2. The van der Waals surface area contributed by atoms with Crippen LogP contribution in [-0.2, 0) is 10.2 Å². The van der Waals surface area contributed by atoms with Crippen molar-refractivity contribution in [3.63, 3.8) is 0 Å². The molecule has 0 atom stereocenters. The summed E-state index contributed by atoms with van der Waals surface area (Å²) in [5.74, 6) is 0.367. The highest BCUT2D eigenvalue weighted by molar-refractivity contribution is 5.79. The van der Waals surface area contributed by atoms with Crippen molar-refractivity contribution in [1.29, 1.82) is 0 Å². The van der Waals surface area contributed by atoms with E-state index < -0.39 is 11.7 Å². The van der Waals surface area contributed by atoms with E-state index in [2.05, 4.69) is 20.9 Å². The SMILES string of the molecule is CN=C(NCCNC(=O)OC(C)(C)C)NCC(C)(C)c1cccc(F)c1. The Morgan fingerprint density at radius 1 is 1.12 bits per heavy atom. The zero-order chi connectivity index (χ0) is 19.8. The second kappa shape index (κ2) is 9.40. The Balaban J connectivity index is 2.40. The van der Waals surface area contributed by atoms with Gasteiger partial charge in [-0.25, -0.2) is 9.18 Å². The van der Waals surface area contributed by atoms with Crippen LogP contribution in [0.4, 0.5) is 9.18 Å². The number of halogens is 1. The van der Waals surface area contributed by atoms with Crippen molar-refractivity contribution >= 4 is 12.1 Å². The molecule has 0 aromatic heterocycles. The van der Waals surface area contributed by atoms with Gasteiger partial charge in [0.1, 0.15) is 11.4 Å². The Kier molecular flexibility index (Phi) is 7.86. The Bertz CT molecular complexity index is 624. The lowest BCUT2D eigenvalue weighted by atomic mass is 9.84. The van der Waals surface area contributed by atoms with Crippen molar-refractivity contribution < 1.29 is 13.9 Å². The lowest BCUT2D eigenvalue weighted by Crippen LogP contribution is -2.45. The van der Waals surface area contributed by atoms with Gasteiger partial charge >= 0.3 is 6.09 Å². The predicted molar refractivity (Wildman–Crippen MR) is 103 cm³/mol. The third-order valence-corrected chi connectivity index (χ3v) is 3.61. The summed E-state index contributed by atoms with van der Waals surface area (Å²) in [5, 5.41) is 9.02. The van der Waals surface area contributed by atoms with Crippen molar-refractivity contribution in [3.8, 4) is 0 Å². The van der Waals surface area contributed by atoms with Gasteiger partial charge in [0.25, 0.3) is 0 Å². The van der Waals surface area contributed by atoms with Gasteiger partial charge in [0.2, 0.25) is 0 Å². The number of ether oxygens (including phenoxy) is 1. The molecule has 0 aliphatic carbocycles. The van der Waals surface area contributed by atoms with Gasteiger partial charge in [-0.1, -0.05) is 26.0 Å². The standard InChI is InChI=1S/C19H31FN4O2/c1-18(2,3)26-17(25)23-11-10-22-16(21-6)24-13-19(4,5)14-8-7-9-15(20)12-14/h7-9,12H,10-11,13H2,1-6H3,(H,23,25)(H2,21,22,24). The smallest absolute Gasteiger partial charge is 0.407 e. The van der Waals surface area contributed by atoms with Crippen molar-refractivity contribution in [2.45, 2.75) is 45.6 Å². The summed E-state index contributed by atoms with van der Waals surface area (Å²) >= 11 is 0. The predicted octanol–water partition coefficient (Wildman–Crippen LogP) is 2.79. The zero-order valence-corrected chi connectivity index (χ0v) is 16.6. The zero-order valence-electron chi connectivity index (χ0n) is 16.6. The van der Waals surface area contributed by atoms with Crippen molar-refractivity contribution in [2.75, 3.05) is 26.7 Å². The number of guanidine groups is 1. The molecule has 1 aromatic rings. The number of carbonyl (C=O) groups is 1. The second-order valence-corrected chi connectivity index (χ2v) is 7.68. The molecule has 1 rings (SSSR count). The van der Waals surface area contributed by atoms with Crippen LogP contribution in [0.3, 0.4) is 0 Å². The van der Waals surface area contributed by atoms with Crippen molar-refractivity contribution in [2.24, 2.45) is 4.99 Å². The molecule has 0 fully saturated rings.